The van der Waals surface area contributed by atoms with E-state index in [4.69, 9.17) is 18.0 Å². The summed E-state index contributed by atoms with van der Waals surface area (Å²) in [5.74, 6) is -0.329. The van der Waals surface area contributed by atoms with E-state index in [0.717, 1.165) is 0 Å². The van der Waals surface area contributed by atoms with Crippen molar-refractivity contribution in [3.05, 3.63) is 24.0 Å². The molecule has 2 heterocycles. The van der Waals surface area contributed by atoms with E-state index in [1.807, 2.05) is 0 Å². The van der Waals surface area contributed by atoms with Gasteiger partial charge in [-0.1, -0.05) is 12.2 Å². The first kappa shape index (κ1) is 15.8. The number of hydrogen-bond acceptors (Lipinski definition) is 5. The minimum absolute atomic E-state index is 0.00488. The number of carbonyl (C=O) groups excluding carboxylic acids is 1. The third-order valence-electron chi connectivity index (χ3n) is 3.36. The minimum atomic E-state index is -3.82. The highest BCUT2D eigenvalue weighted by atomic mass is 32.2. The van der Waals surface area contributed by atoms with Gasteiger partial charge >= 0.3 is 0 Å². The molecule has 114 valence electrons. The summed E-state index contributed by atoms with van der Waals surface area (Å²) < 4.78 is 26.5. The molecule has 1 fully saturated rings. The van der Waals surface area contributed by atoms with Gasteiger partial charge in [-0.05, 0) is 26.0 Å². The van der Waals surface area contributed by atoms with Crippen LogP contribution < -0.4 is 11.1 Å². The molecule has 7 nitrogen and oxygen atoms in total. The number of carbonyl (C=O) groups is 1. The van der Waals surface area contributed by atoms with E-state index < -0.39 is 15.6 Å². The van der Waals surface area contributed by atoms with Gasteiger partial charge < -0.3 is 11.1 Å². The largest absolute Gasteiger partial charge is 0.388 e. The van der Waals surface area contributed by atoms with Gasteiger partial charge in [-0.3, -0.25) is 9.78 Å². The Morgan fingerprint density at radius 2 is 2.14 bits per heavy atom. The lowest BCUT2D eigenvalue weighted by Gasteiger charge is -2.39. The first-order valence-electron chi connectivity index (χ1n) is 6.24. The van der Waals surface area contributed by atoms with Crippen molar-refractivity contribution in [3.8, 4) is 0 Å². The maximum Gasteiger partial charge on any atom is 0.245 e. The van der Waals surface area contributed by atoms with Crippen molar-refractivity contribution < 1.29 is 13.2 Å². The number of nitrogens with one attached hydrogen (secondary N) is 1. The topological polar surface area (TPSA) is 105 Å². The van der Waals surface area contributed by atoms with E-state index in [0.29, 0.717) is 5.69 Å². The zero-order chi connectivity index (χ0) is 15.8. The van der Waals surface area contributed by atoms with Gasteiger partial charge in [0.05, 0.1) is 5.69 Å². The van der Waals surface area contributed by atoms with Crippen LogP contribution in [0.2, 0.25) is 0 Å². The van der Waals surface area contributed by atoms with E-state index in [1.165, 1.54) is 22.6 Å². The fraction of sp³-hybridized carbons (Fsp3) is 0.417. The van der Waals surface area contributed by atoms with Crippen LogP contribution in [0.3, 0.4) is 0 Å². The third kappa shape index (κ3) is 2.76. The maximum atomic E-state index is 12.7. The summed E-state index contributed by atoms with van der Waals surface area (Å²) in [7, 11) is -3.82. The van der Waals surface area contributed by atoms with Crippen LogP contribution in [0.1, 0.15) is 19.5 Å². The molecule has 0 bridgehead atoms. The molecule has 1 saturated heterocycles. The second-order valence-electron chi connectivity index (χ2n) is 5.14. The Morgan fingerprint density at radius 1 is 1.48 bits per heavy atom. The Hall–Kier alpha value is -1.58. The highest BCUT2D eigenvalue weighted by Crippen LogP contribution is 2.26. The lowest BCUT2D eigenvalue weighted by molar-refractivity contribution is -0.131. The molecule has 1 aliphatic rings. The van der Waals surface area contributed by atoms with Crippen LogP contribution in [0.25, 0.3) is 0 Å². The van der Waals surface area contributed by atoms with E-state index >= 15 is 0 Å². The Morgan fingerprint density at radius 3 is 2.67 bits per heavy atom. The van der Waals surface area contributed by atoms with Crippen molar-refractivity contribution in [2.24, 2.45) is 5.73 Å². The molecule has 0 aromatic carbocycles. The van der Waals surface area contributed by atoms with Crippen LogP contribution in [0, 0.1) is 0 Å². The van der Waals surface area contributed by atoms with Gasteiger partial charge in [-0.15, -0.1) is 0 Å². The number of thiocarbonyl (C=S) groups is 1. The quantitative estimate of drug-likeness (QED) is 0.733. The van der Waals surface area contributed by atoms with Crippen molar-refractivity contribution in [2.45, 2.75) is 24.3 Å². The molecule has 2 rings (SSSR count). The van der Waals surface area contributed by atoms with Crippen LogP contribution in [-0.4, -0.2) is 47.2 Å². The summed E-state index contributed by atoms with van der Waals surface area (Å²) in [5, 5.41) is 2.66. The van der Waals surface area contributed by atoms with Crippen LogP contribution in [0.5, 0.6) is 0 Å². The molecule has 9 heteroatoms. The predicted octanol–water partition coefficient (Wildman–Crippen LogP) is -0.385. The average Bonchev–Trinajstić information content (AvgIpc) is 2.41. The number of hydrogen-bond donors (Lipinski definition) is 2. The molecule has 1 aromatic rings. The number of rotatable bonds is 3. The summed E-state index contributed by atoms with van der Waals surface area (Å²) in [6.45, 7) is 3.61. The number of sulfonamides is 1. The smallest absolute Gasteiger partial charge is 0.245 e. The first-order valence-corrected chi connectivity index (χ1v) is 8.09. The van der Waals surface area contributed by atoms with Crippen molar-refractivity contribution in [3.63, 3.8) is 0 Å². The van der Waals surface area contributed by atoms with Crippen molar-refractivity contribution in [1.82, 2.24) is 14.6 Å². The number of pyridine rings is 1. The van der Waals surface area contributed by atoms with E-state index in [9.17, 15) is 13.2 Å². The SMILES string of the molecule is CC1(C)C(=O)NCCN1S(=O)(=O)c1ccc(C(N)=S)nc1. The zero-order valence-corrected chi connectivity index (χ0v) is 13.3. The molecule has 1 aliphatic heterocycles. The number of piperazine rings is 1. The fourth-order valence-corrected chi connectivity index (χ4v) is 3.92. The summed E-state index contributed by atoms with van der Waals surface area (Å²) >= 11 is 4.78. The predicted molar refractivity (Wildman–Crippen MR) is 81.1 cm³/mol. The van der Waals surface area contributed by atoms with Crippen LogP contribution in [0.15, 0.2) is 23.2 Å². The van der Waals surface area contributed by atoms with Crippen molar-refractivity contribution in [1.29, 1.82) is 0 Å². The number of nitrogens with zero attached hydrogens (tertiary/aromatic N) is 2. The lowest BCUT2D eigenvalue weighted by Crippen LogP contribution is -2.63. The standard InChI is InChI=1S/C12H16N4O3S2/c1-12(2)11(17)14-5-6-16(12)21(18,19)8-3-4-9(10(13)20)15-7-8/h3-4,7H,5-6H2,1-2H3,(H2,13,20)(H,14,17). The molecule has 0 saturated carbocycles. The normalized spacial score (nSPS) is 19.0. The molecule has 0 unspecified atom stereocenters. The van der Waals surface area contributed by atoms with Gasteiger partial charge in [-0.2, -0.15) is 4.31 Å². The van der Waals surface area contributed by atoms with Crippen molar-refractivity contribution in [2.75, 3.05) is 13.1 Å². The van der Waals surface area contributed by atoms with Gasteiger partial charge in [0.15, 0.2) is 0 Å². The van der Waals surface area contributed by atoms with Gasteiger partial charge in [0.1, 0.15) is 15.4 Å². The minimum Gasteiger partial charge on any atom is -0.388 e. The molecular weight excluding hydrogens is 312 g/mol. The van der Waals surface area contributed by atoms with E-state index in [-0.39, 0.29) is 28.9 Å². The molecular formula is C12H16N4O3S2. The molecule has 0 atom stereocenters. The van der Waals surface area contributed by atoms with Gasteiger partial charge in [-0.25, -0.2) is 8.42 Å². The number of nitrogens with two attached hydrogens (primary N) is 1. The van der Waals surface area contributed by atoms with Gasteiger partial charge in [0.25, 0.3) is 0 Å². The summed E-state index contributed by atoms with van der Waals surface area (Å²) in [4.78, 5) is 15.9. The highest BCUT2D eigenvalue weighted by Gasteiger charge is 2.44. The molecule has 21 heavy (non-hydrogen) atoms. The maximum absolute atomic E-state index is 12.7. The zero-order valence-electron chi connectivity index (χ0n) is 11.7. The lowest BCUT2D eigenvalue weighted by atomic mass is 10.0. The van der Waals surface area contributed by atoms with Crippen molar-refractivity contribution >= 4 is 33.1 Å². The highest BCUT2D eigenvalue weighted by molar-refractivity contribution is 7.89. The second kappa shape index (κ2) is 5.32. The Balaban J connectivity index is 2.41. The van der Waals surface area contributed by atoms with Gasteiger partial charge in [0, 0.05) is 19.3 Å². The molecule has 0 radical (unpaired) electrons. The Bertz CT molecular complexity index is 683. The van der Waals surface area contributed by atoms with Crippen LogP contribution >= 0.6 is 12.2 Å². The molecule has 0 spiro atoms. The number of aromatic nitrogens is 1. The average molecular weight is 328 g/mol. The fourth-order valence-electron chi connectivity index (χ4n) is 2.11. The summed E-state index contributed by atoms with van der Waals surface area (Å²) in [6.07, 6.45) is 1.20. The molecule has 1 aromatic heterocycles. The monoisotopic (exact) mass is 328 g/mol. The first-order chi connectivity index (χ1) is 9.67. The number of amides is 1. The van der Waals surface area contributed by atoms with Crippen LogP contribution in [-0.2, 0) is 14.8 Å². The Labute approximate surface area is 128 Å². The molecule has 1 amide bonds. The second-order valence-corrected chi connectivity index (χ2v) is 7.44. The molecule has 0 aliphatic carbocycles. The molecule has 3 N–H and O–H groups in total. The summed E-state index contributed by atoms with van der Waals surface area (Å²) in [5.41, 5.74) is 4.63. The van der Waals surface area contributed by atoms with E-state index in [1.54, 1.807) is 13.8 Å². The summed E-state index contributed by atoms with van der Waals surface area (Å²) in [6, 6.07) is 2.84. The third-order valence-corrected chi connectivity index (χ3v) is 5.62. The van der Waals surface area contributed by atoms with Gasteiger partial charge in [0.2, 0.25) is 15.9 Å². The van der Waals surface area contributed by atoms with Crippen LogP contribution in [0.4, 0.5) is 0 Å². The Kier molecular flexibility index (Phi) is 4.00. The van der Waals surface area contributed by atoms with E-state index in [2.05, 4.69) is 10.3 Å².